The summed E-state index contributed by atoms with van der Waals surface area (Å²) in [6.07, 6.45) is 0.256. The molecule has 2 unspecified atom stereocenters. The third-order valence-electron chi connectivity index (χ3n) is 3.17. The first kappa shape index (κ1) is 16.2. The van der Waals surface area contributed by atoms with Crippen molar-refractivity contribution in [1.29, 1.82) is 0 Å². The van der Waals surface area contributed by atoms with Gasteiger partial charge in [0.25, 0.3) is 0 Å². The van der Waals surface area contributed by atoms with Gasteiger partial charge >= 0.3 is 0 Å². The average Bonchev–Trinajstić information content (AvgIpc) is 3.01. The normalized spacial score (nSPS) is 13.6. The zero-order valence-electron chi connectivity index (χ0n) is 12.2. The molecule has 1 amide bonds. The fourth-order valence-corrected chi connectivity index (χ4v) is 2.11. The zero-order chi connectivity index (χ0) is 15.9. The summed E-state index contributed by atoms with van der Waals surface area (Å²) in [7, 11) is 1.52. The summed E-state index contributed by atoms with van der Waals surface area (Å²) in [6, 6.07) is 8.55. The van der Waals surface area contributed by atoms with E-state index in [9.17, 15) is 14.3 Å². The van der Waals surface area contributed by atoms with Crippen molar-refractivity contribution in [2.45, 2.75) is 18.6 Å². The number of aliphatic hydroxyl groups excluding tert-OH is 1. The lowest BCUT2D eigenvalue weighted by atomic mass is 10.1. The van der Waals surface area contributed by atoms with Crippen molar-refractivity contribution in [2.24, 2.45) is 0 Å². The molecule has 0 saturated heterocycles. The SMILES string of the molecule is COCC(NC(=O)CC(O)c1cccc(F)c1)c1ccco1. The summed E-state index contributed by atoms with van der Waals surface area (Å²) in [5.41, 5.74) is 0.358. The first-order valence-electron chi connectivity index (χ1n) is 6.85. The van der Waals surface area contributed by atoms with Gasteiger partial charge in [-0.25, -0.2) is 4.39 Å². The number of halogens is 1. The molecule has 0 saturated carbocycles. The van der Waals surface area contributed by atoms with Crippen molar-refractivity contribution >= 4 is 5.91 Å². The maximum absolute atomic E-state index is 13.1. The number of carbonyl (C=O) groups is 1. The largest absolute Gasteiger partial charge is 0.467 e. The Hall–Kier alpha value is -2.18. The number of furan rings is 1. The molecule has 0 spiro atoms. The van der Waals surface area contributed by atoms with Gasteiger partial charge in [0.1, 0.15) is 17.6 Å². The molecule has 0 aliphatic rings. The van der Waals surface area contributed by atoms with Crippen LogP contribution >= 0.6 is 0 Å². The maximum atomic E-state index is 13.1. The average molecular weight is 307 g/mol. The molecule has 6 heteroatoms. The molecule has 0 aliphatic heterocycles. The van der Waals surface area contributed by atoms with Crippen molar-refractivity contribution in [1.82, 2.24) is 5.32 Å². The topological polar surface area (TPSA) is 71.7 Å². The molecule has 0 aliphatic carbocycles. The molecule has 1 aromatic carbocycles. The number of aliphatic hydroxyl groups is 1. The molecule has 5 nitrogen and oxygen atoms in total. The van der Waals surface area contributed by atoms with E-state index in [0.29, 0.717) is 11.3 Å². The van der Waals surface area contributed by atoms with Crippen LogP contribution in [0.2, 0.25) is 0 Å². The third kappa shape index (κ3) is 4.41. The lowest BCUT2D eigenvalue weighted by molar-refractivity contribution is -0.124. The molecule has 22 heavy (non-hydrogen) atoms. The maximum Gasteiger partial charge on any atom is 0.223 e. The highest BCUT2D eigenvalue weighted by molar-refractivity contribution is 5.77. The second kappa shape index (κ2) is 7.72. The molecule has 2 aromatic rings. The van der Waals surface area contributed by atoms with Gasteiger partial charge in [-0.15, -0.1) is 0 Å². The van der Waals surface area contributed by atoms with Crippen LogP contribution in [0.3, 0.4) is 0 Å². The van der Waals surface area contributed by atoms with Crippen molar-refractivity contribution in [3.05, 3.63) is 59.8 Å². The highest BCUT2D eigenvalue weighted by Gasteiger charge is 2.20. The van der Waals surface area contributed by atoms with Gasteiger partial charge in [-0.05, 0) is 29.8 Å². The van der Waals surface area contributed by atoms with Gasteiger partial charge in [-0.1, -0.05) is 12.1 Å². The Morgan fingerprint density at radius 1 is 1.41 bits per heavy atom. The molecule has 0 bridgehead atoms. The van der Waals surface area contributed by atoms with E-state index in [-0.39, 0.29) is 18.9 Å². The van der Waals surface area contributed by atoms with Gasteiger partial charge < -0.3 is 19.6 Å². The summed E-state index contributed by atoms with van der Waals surface area (Å²) in [5.74, 6) is -0.268. The fourth-order valence-electron chi connectivity index (χ4n) is 2.11. The minimum absolute atomic E-state index is 0.176. The second-order valence-corrected chi connectivity index (χ2v) is 4.87. The van der Waals surface area contributed by atoms with E-state index in [1.165, 1.54) is 31.6 Å². The van der Waals surface area contributed by atoms with Gasteiger partial charge in [-0.2, -0.15) is 0 Å². The highest BCUT2D eigenvalue weighted by Crippen LogP contribution is 2.19. The molecule has 1 heterocycles. The molecule has 0 fully saturated rings. The monoisotopic (exact) mass is 307 g/mol. The summed E-state index contributed by atoms with van der Waals surface area (Å²) < 4.78 is 23.4. The van der Waals surface area contributed by atoms with Gasteiger partial charge in [0, 0.05) is 7.11 Å². The summed E-state index contributed by atoms with van der Waals surface area (Å²) in [5, 5.41) is 12.7. The zero-order valence-corrected chi connectivity index (χ0v) is 12.2. The fraction of sp³-hybridized carbons (Fsp3) is 0.312. The standard InChI is InChI=1S/C16H18FNO4/c1-21-10-13(15-6-3-7-22-15)18-16(20)9-14(19)11-4-2-5-12(17)8-11/h2-8,13-14,19H,9-10H2,1H3,(H,18,20). The number of hydrogen-bond acceptors (Lipinski definition) is 4. The minimum Gasteiger partial charge on any atom is -0.467 e. The minimum atomic E-state index is -1.07. The smallest absolute Gasteiger partial charge is 0.223 e. The predicted octanol–water partition coefficient (Wildman–Crippen LogP) is 2.35. The van der Waals surface area contributed by atoms with E-state index in [4.69, 9.17) is 9.15 Å². The van der Waals surface area contributed by atoms with Gasteiger partial charge in [0.2, 0.25) is 5.91 Å². The first-order chi connectivity index (χ1) is 10.6. The Balaban J connectivity index is 1.96. The van der Waals surface area contributed by atoms with Gasteiger partial charge in [0.15, 0.2) is 0 Å². The van der Waals surface area contributed by atoms with Crippen LogP contribution in [0.5, 0.6) is 0 Å². The van der Waals surface area contributed by atoms with Crippen LogP contribution in [0.15, 0.2) is 47.1 Å². The molecular weight excluding hydrogens is 289 g/mol. The van der Waals surface area contributed by atoms with Crippen LogP contribution in [0.1, 0.15) is 29.9 Å². The molecule has 2 atom stereocenters. The molecular formula is C16H18FNO4. The number of methoxy groups -OCH3 is 1. The lowest BCUT2D eigenvalue weighted by Gasteiger charge is -2.17. The second-order valence-electron chi connectivity index (χ2n) is 4.87. The van der Waals surface area contributed by atoms with Crippen LogP contribution in [0.4, 0.5) is 4.39 Å². The van der Waals surface area contributed by atoms with Crippen LogP contribution in [0.25, 0.3) is 0 Å². The van der Waals surface area contributed by atoms with Crippen molar-refractivity contribution < 1.29 is 23.4 Å². The van der Waals surface area contributed by atoms with Crippen LogP contribution in [-0.4, -0.2) is 24.7 Å². The summed E-state index contributed by atoms with van der Waals surface area (Å²) in [4.78, 5) is 12.0. The Morgan fingerprint density at radius 2 is 2.23 bits per heavy atom. The summed E-state index contributed by atoms with van der Waals surface area (Å²) >= 11 is 0. The van der Waals surface area contributed by atoms with Crippen molar-refractivity contribution in [2.75, 3.05) is 13.7 Å². The third-order valence-corrected chi connectivity index (χ3v) is 3.17. The van der Waals surface area contributed by atoms with E-state index in [0.717, 1.165) is 0 Å². The number of benzene rings is 1. The molecule has 2 N–H and O–H groups in total. The van der Waals surface area contributed by atoms with Gasteiger partial charge in [0.05, 0.1) is 25.4 Å². The molecule has 118 valence electrons. The Labute approximate surface area is 127 Å². The number of carbonyl (C=O) groups excluding carboxylic acids is 1. The van der Waals surface area contributed by atoms with E-state index < -0.39 is 18.0 Å². The number of nitrogens with one attached hydrogen (secondary N) is 1. The molecule has 0 radical (unpaired) electrons. The van der Waals surface area contributed by atoms with Crippen molar-refractivity contribution in [3.63, 3.8) is 0 Å². The van der Waals surface area contributed by atoms with E-state index in [1.807, 2.05) is 0 Å². The van der Waals surface area contributed by atoms with Crippen LogP contribution in [-0.2, 0) is 9.53 Å². The Morgan fingerprint density at radius 3 is 2.86 bits per heavy atom. The first-order valence-corrected chi connectivity index (χ1v) is 6.85. The Kier molecular flexibility index (Phi) is 5.68. The number of rotatable bonds is 7. The predicted molar refractivity (Wildman–Crippen MR) is 77.4 cm³/mol. The summed E-state index contributed by atoms with van der Waals surface area (Å²) in [6.45, 7) is 0.245. The van der Waals surface area contributed by atoms with Gasteiger partial charge in [-0.3, -0.25) is 4.79 Å². The highest BCUT2D eigenvalue weighted by atomic mass is 19.1. The lowest BCUT2D eigenvalue weighted by Crippen LogP contribution is -2.32. The van der Waals surface area contributed by atoms with E-state index >= 15 is 0 Å². The molecule has 2 rings (SSSR count). The number of ether oxygens (including phenoxy) is 1. The quantitative estimate of drug-likeness (QED) is 0.823. The van der Waals surface area contributed by atoms with Crippen LogP contribution < -0.4 is 5.32 Å². The Bertz CT molecular complexity index is 600. The number of amides is 1. The van der Waals surface area contributed by atoms with E-state index in [1.54, 1.807) is 18.2 Å². The number of hydrogen-bond donors (Lipinski definition) is 2. The van der Waals surface area contributed by atoms with E-state index in [2.05, 4.69) is 5.32 Å². The molecule has 1 aromatic heterocycles. The van der Waals surface area contributed by atoms with Crippen LogP contribution in [0, 0.1) is 5.82 Å². The van der Waals surface area contributed by atoms with Crippen molar-refractivity contribution in [3.8, 4) is 0 Å².